The Hall–Kier alpha value is -1.35. The summed E-state index contributed by atoms with van der Waals surface area (Å²) in [5, 5.41) is 0. The third kappa shape index (κ3) is 2.47. The fraction of sp³-hybridized carbons (Fsp3) is 0.588. The summed E-state index contributed by atoms with van der Waals surface area (Å²) in [6.45, 7) is 10.7. The molecule has 0 radical (unpaired) electrons. The highest BCUT2D eigenvalue weighted by Crippen LogP contribution is 2.36. The standard InChI is InChI=1S/C17H26N2O/c1-12-10-13-8-6-7-9-14(13)19(11-12)15(20)16(2,3)17(4,5)18/h6-9,12H,10-11,18H2,1-5H3. The minimum atomic E-state index is -0.600. The molecule has 0 aliphatic carbocycles. The van der Waals surface area contributed by atoms with E-state index in [1.54, 1.807) is 0 Å². The molecule has 1 aliphatic heterocycles. The first-order valence-corrected chi connectivity index (χ1v) is 7.33. The molecule has 0 bridgehead atoms. The van der Waals surface area contributed by atoms with Gasteiger partial charge in [-0.1, -0.05) is 25.1 Å². The number of rotatable bonds is 2. The SMILES string of the molecule is CC1Cc2ccccc2N(C(=O)C(C)(C)C(C)(C)N)C1. The summed E-state index contributed by atoms with van der Waals surface area (Å²) in [5.74, 6) is 0.592. The molecule has 1 aromatic carbocycles. The van der Waals surface area contributed by atoms with Crippen molar-refractivity contribution in [2.45, 2.75) is 46.6 Å². The van der Waals surface area contributed by atoms with E-state index in [4.69, 9.17) is 5.73 Å². The Bertz CT molecular complexity index is 514. The zero-order chi connectivity index (χ0) is 15.1. The first-order valence-electron chi connectivity index (χ1n) is 7.33. The molecule has 110 valence electrons. The topological polar surface area (TPSA) is 46.3 Å². The Morgan fingerprint density at radius 1 is 1.25 bits per heavy atom. The van der Waals surface area contributed by atoms with Gasteiger partial charge in [-0.15, -0.1) is 0 Å². The number of hydrogen-bond donors (Lipinski definition) is 1. The molecular formula is C17H26N2O. The Morgan fingerprint density at radius 2 is 1.85 bits per heavy atom. The zero-order valence-electron chi connectivity index (χ0n) is 13.2. The maximum atomic E-state index is 13.0. The average Bonchev–Trinajstić information content (AvgIpc) is 2.35. The summed E-state index contributed by atoms with van der Waals surface area (Å²) in [5.41, 5.74) is 7.38. The summed E-state index contributed by atoms with van der Waals surface area (Å²) < 4.78 is 0. The van der Waals surface area contributed by atoms with Crippen molar-refractivity contribution in [3.8, 4) is 0 Å². The molecule has 1 aromatic rings. The maximum absolute atomic E-state index is 13.0. The Balaban J connectivity index is 2.41. The fourth-order valence-electron chi connectivity index (χ4n) is 2.60. The largest absolute Gasteiger partial charge is 0.325 e. The molecule has 1 amide bonds. The molecule has 1 aliphatic rings. The van der Waals surface area contributed by atoms with Crippen molar-refractivity contribution in [3.63, 3.8) is 0 Å². The van der Waals surface area contributed by atoms with Gasteiger partial charge in [0.1, 0.15) is 0 Å². The van der Waals surface area contributed by atoms with Crippen LogP contribution < -0.4 is 10.6 Å². The van der Waals surface area contributed by atoms with E-state index in [0.717, 1.165) is 18.7 Å². The van der Waals surface area contributed by atoms with Gasteiger partial charge in [-0.2, -0.15) is 0 Å². The number of nitrogens with two attached hydrogens (primary N) is 1. The Labute approximate surface area is 122 Å². The highest BCUT2D eigenvalue weighted by molar-refractivity contribution is 5.99. The van der Waals surface area contributed by atoms with Crippen molar-refractivity contribution in [2.24, 2.45) is 17.1 Å². The van der Waals surface area contributed by atoms with E-state index in [9.17, 15) is 4.79 Å². The van der Waals surface area contributed by atoms with Gasteiger partial charge in [-0.25, -0.2) is 0 Å². The van der Waals surface area contributed by atoms with Gasteiger partial charge in [0.25, 0.3) is 0 Å². The third-order valence-electron chi connectivity index (χ3n) is 4.74. The van der Waals surface area contributed by atoms with E-state index in [-0.39, 0.29) is 5.91 Å². The number of carbonyl (C=O) groups excluding carboxylic acids is 1. The predicted octanol–water partition coefficient (Wildman–Crippen LogP) is 2.98. The van der Waals surface area contributed by atoms with Gasteiger partial charge >= 0.3 is 0 Å². The van der Waals surface area contributed by atoms with Gasteiger partial charge in [0.15, 0.2) is 0 Å². The Kier molecular flexibility index (Phi) is 3.67. The molecule has 1 heterocycles. The minimum absolute atomic E-state index is 0.115. The van der Waals surface area contributed by atoms with Crippen LogP contribution in [-0.2, 0) is 11.2 Å². The predicted molar refractivity (Wildman–Crippen MR) is 83.7 cm³/mol. The highest BCUT2D eigenvalue weighted by atomic mass is 16.2. The monoisotopic (exact) mass is 274 g/mol. The second-order valence-electron chi connectivity index (χ2n) is 7.20. The van der Waals surface area contributed by atoms with Crippen LogP contribution in [0.2, 0.25) is 0 Å². The van der Waals surface area contributed by atoms with Gasteiger partial charge in [-0.3, -0.25) is 4.79 Å². The number of fused-ring (bicyclic) bond motifs is 1. The summed E-state index contributed by atoms with van der Waals surface area (Å²) in [6.07, 6.45) is 1.03. The van der Waals surface area contributed by atoms with Crippen LogP contribution in [0.3, 0.4) is 0 Å². The van der Waals surface area contributed by atoms with E-state index in [0.29, 0.717) is 5.92 Å². The molecule has 0 saturated heterocycles. The number of anilines is 1. The van der Waals surface area contributed by atoms with Crippen molar-refractivity contribution >= 4 is 11.6 Å². The van der Waals surface area contributed by atoms with Crippen LogP contribution in [0.5, 0.6) is 0 Å². The lowest BCUT2D eigenvalue weighted by molar-refractivity contribution is -0.129. The number of carbonyl (C=O) groups is 1. The van der Waals surface area contributed by atoms with Crippen molar-refractivity contribution in [1.82, 2.24) is 0 Å². The number of hydrogen-bond acceptors (Lipinski definition) is 2. The quantitative estimate of drug-likeness (QED) is 0.901. The van der Waals surface area contributed by atoms with Gasteiger partial charge in [-0.05, 0) is 51.7 Å². The molecule has 3 nitrogen and oxygen atoms in total. The third-order valence-corrected chi connectivity index (χ3v) is 4.74. The van der Waals surface area contributed by atoms with Crippen molar-refractivity contribution in [3.05, 3.63) is 29.8 Å². The average molecular weight is 274 g/mol. The Morgan fingerprint density at radius 3 is 2.45 bits per heavy atom. The summed E-state index contributed by atoms with van der Waals surface area (Å²) >= 11 is 0. The summed E-state index contributed by atoms with van der Waals surface area (Å²) in [7, 11) is 0. The highest BCUT2D eigenvalue weighted by Gasteiger charge is 2.44. The number of amides is 1. The van der Waals surface area contributed by atoms with Crippen LogP contribution in [0, 0.1) is 11.3 Å². The first kappa shape index (κ1) is 15.0. The van der Waals surface area contributed by atoms with Gasteiger partial charge in [0.2, 0.25) is 5.91 Å². The van der Waals surface area contributed by atoms with E-state index >= 15 is 0 Å². The number of para-hydroxylation sites is 1. The van der Waals surface area contributed by atoms with Gasteiger partial charge in [0.05, 0.1) is 5.41 Å². The van der Waals surface area contributed by atoms with Crippen molar-refractivity contribution < 1.29 is 4.79 Å². The molecule has 2 rings (SSSR count). The zero-order valence-corrected chi connectivity index (χ0v) is 13.2. The maximum Gasteiger partial charge on any atom is 0.234 e. The van der Waals surface area contributed by atoms with E-state index < -0.39 is 11.0 Å². The van der Waals surface area contributed by atoms with E-state index in [1.165, 1.54) is 5.56 Å². The fourth-order valence-corrected chi connectivity index (χ4v) is 2.60. The molecule has 2 N–H and O–H groups in total. The van der Waals surface area contributed by atoms with Crippen molar-refractivity contribution in [2.75, 3.05) is 11.4 Å². The number of nitrogens with zero attached hydrogens (tertiary/aromatic N) is 1. The summed E-state index contributed by atoms with van der Waals surface area (Å²) in [4.78, 5) is 14.9. The van der Waals surface area contributed by atoms with Gasteiger partial charge in [0, 0.05) is 17.8 Å². The second-order valence-corrected chi connectivity index (χ2v) is 7.20. The minimum Gasteiger partial charge on any atom is -0.325 e. The van der Waals surface area contributed by atoms with Crippen LogP contribution in [-0.4, -0.2) is 18.0 Å². The van der Waals surface area contributed by atoms with Crippen LogP contribution in [0.4, 0.5) is 5.69 Å². The number of benzene rings is 1. The van der Waals surface area contributed by atoms with E-state index in [2.05, 4.69) is 13.0 Å². The molecule has 0 saturated carbocycles. The molecule has 0 aromatic heterocycles. The smallest absolute Gasteiger partial charge is 0.234 e. The van der Waals surface area contributed by atoms with E-state index in [1.807, 2.05) is 50.8 Å². The lowest BCUT2D eigenvalue weighted by atomic mass is 9.73. The van der Waals surface area contributed by atoms with Gasteiger partial charge < -0.3 is 10.6 Å². The molecule has 3 heteroatoms. The lowest BCUT2D eigenvalue weighted by Crippen LogP contribution is -2.58. The molecule has 1 unspecified atom stereocenters. The normalized spacial score (nSPS) is 19.7. The summed E-state index contributed by atoms with van der Waals surface area (Å²) in [6, 6.07) is 8.19. The molecular weight excluding hydrogens is 248 g/mol. The lowest BCUT2D eigenvalue weighted by Gasteiger charge is -2.43. The van der Waals surface area contributed by atoms with Crippen LogP contribution in [0.25, 0.3) is 0 Å². The first-order chi connectivity index (χ1) is 9.14. The molecule has 0 spiro atoms. The molecule has 20 heavy (non-hydrogen) atoms. The van der Waals surface area contributed by atoms with Crippen molar-refractivity contribution in [1.29, 1.82) is 0 Å². The van der Waals surface area contributed by atoms with Crippen LogP contribution in [0.15, 0.2) is 24.3 Å². The molecule has 1 atom stereocenters. The molecule has 0 fully saturated rings. The van der Waals surface area contributed by atoms with Crippen LogP contribution in [0.1, 0.15) is 40.2 Å². The second kappa shape index (κ2) is 4.88. The van der Waals surface area contributed by atoms with Crippen LogP contribution >= 0.6 is 0 Å².